The Hall–Kier alpha value is -2.64. The van der Waals surface area contributed by atoms with E-state index in [4.69, 9.17) is 14.2 Å². The zero-order chi connectivity index (χ0) is 23.1. The van der Waals surface area contributed by atoms with Gasteiger partial charge in [-0.2, -0.15) is 0 Å². The summed E-state index contributed by atoms with van der Waals surface area (Å²) in [7, 11) is 3.29. The van der Waals surface area contributed by atoms with Crippen molar-refractivity contribution in [1.29, 1.82) is 0 Å². The Morgan fingerprint density at radius 2 is 1.94 bits per heavy atom. The number of rotatable bonds is 9. The maximum atomic E-state index is 13.3. The number of nitrogens with zero attached hydrogens (tertiary/aromatic N) is 2. The van der Waals surface area contributed by atoms with Crippen molar-refractivity contribution >= 4 is 5.91 Å². The fourth-order valence-electron chi connectivity index (χ4n) is 3.96. The summed E-state index contributed by atoms with van der Waals surface area (Å²) in [6.45, 7) is 8.10. The molecule has 0 N–H and O–H groups in total. The Morgan fingerprint density at radius 3 is 2.59 bits per heavy atom. The molecule has 3 rings (SSSR count). The minimum absolute atomic E-state index is 0.101. The summed E-state index contributed by atoms with van der Waals surface area (Å²) >= 11 is 0. The van der Waals surface area contributed by atoms with Crippen LogP contribution in [0.4, 0.5) is 4.39 Å². The number of benzene rings is 2. The van der Waals surface area contributed by atoms with E-state index in [2.05, 4.69) is 18.7 Å². The lowest BCUT2D eigenvalue weighted by atomic mass is 10.1. The van der Waals surface area contributed by atoms with E-state index in [1.807, 2.05) is 23.1 Å². The van der Waals surface area contributed by atoms with Crippen LogP contribution in [0.25, 0.3) is 0 Å². The van der Waals surface area contributed by atoms with Crippen LogP contribution in [0.15, 0.2) is 42.5 Å². The second kappa shape index (κ2) is 11.3. The molecule has 1 saturated heterocycles. The molecule has 1 amide bonds. The molecule has 0 aromatic heterocycles. The number of carbonyl (C=O) groups is 1. The summed E-state index contributed by atoms with van der Waals surface area (Å²) in [5, 5.41) is 0. The standard InChI is InChI=1S/C25H33FN2O4/c1-18(2)14-28(25(29)19-5-8-21(26)9-6-19)17-23-16-27(11-12-32-23)15-20-7-10-22(30-3)13-24(20)31-4/h5-10,13,18,23H,11-12,14-17H2,1-4H3. The molecule has 7 heteroatoms. The van der Waals surface area contributed by atoms with Gasteiger partial charge in [-0.3, -0.25) is 9.69 Å². The quantitative estimate of drug-likeness (QED) is 0.588. The average molecular weight is 445 g/mol. The van der Waals surface area contributed by atoms with Crippen molar-refractivity contribution in [3.8, 4) is 11.5 Å². The summed E-state index contributed by atoms with van der Waals surface area (Å²) in [4.78, 5) is 17.2. The smallest absolute Gasteiger partial charge is 0.253 e. The Kier molecular flexibility index (Phi) is 8.47. The Balaban J connectivity index is 1.67. The van der Waals surface area contributed by atoms with Gasteiger partial charge in [-0.05, 0) is 36.2 Å². The van der Waals surface area contributed by atoms with Gasteiger partial charge in [0, 0.05) is 49.9 Å². The summed E-state index contributed by atoms with van der Waals surface area (Å²) < 4.78 is 30.1. The number of hydrogen-bond acceptors (Lipinski definition) is 5. The Labute approximate surface area is 189 Å². The van der Waals surface area contributed by atoms with Crippen LogP contribution in [-0.2, 0) is 11.3 Å². The fourth-order valence-corrected chi connectivity index (χ4v) is 3.96. The molecule has 174 valence electrons. The lowest BCUT2D eigenvalue weighted by Gasteiger charge is -2.36. The highest BCUT2D eigenvalue weighted by molar-refractivity contribution is 5.94. The van der Waals surface area contributed by atoms with Crippen LogP contribution < -0.4 is 9.47 Å². The normalized spacial score (nSPS) is 16.8. The lowest BCUT2D eigenvalue weighted by molar-refractivity contribution is -0.0439. The van der Waals surface area contributed by atoms with E-state index in [9.17, 15) is 9.18 Å². The molecule has 1 aliphatic heterocycles. The highest BCUT2D eigenvalue weighted by Gasteiger charge is 2.26. The molecule has 0 bridgehead atoms. The van der Waals surface area contributed by atoms with Gasteiger partial charge < -0.3 is 19.1 Å². The van der Waals surface area contributed by atoms with Crippen LogP contribution in [0, 0.1) is 11.7 Å². The highest BCUT2D eigenvalue weighted by Crippen LogP contribution is 2.26. The van der Waals surface area contributed by atoms with Gasteiger partial charge in [0.2, 0.25) is 0 Å². The number of ether oxygens (including phenoxy) is 3. The van der Waals surface area contributed by atoms with Crippen LogP contribution >= 0.6 is 0 Å². The molecule has 0 spiro atoms. The molecular weight excluding hydrogens is 411 g/mol. The molecule has 1 heterocycles. The SMILES string of the molecule is COc1ccc(CN2CCOC(CN(CC(C)C)C(=O)c3ccc(F)cc3)C2)c(OC)c1. The summed E-state index contributed by atoms with van der Waals surface area (Å²) in [6, 6.07) is 11.6. The lowest BCUT2D eigenvalue weighted by Crippen LogP contribution is -2.49. The number of carbonyl (C=O) groups excluding carboxylic acids is 1. The van der Waals surface area contributed by atoms with Crippen molar-refractivity contribution in [3.63, 3.8) is 0 Å². The molecular formula is C25H33FN2O4. The second-order valence-corrected chi connectivity index (χ2v) is 8.52. The van der Waals surface area contributed by atoms with Gasteiger partial charge >= 0.3 is 0 Å². The first kappa shape index (κ1) is 24.0. The third-order valence-electron chi connectivity index (χ3n) is 5.50. The van der Waals surface area contributed by atoms with E-state index >= 15 is 0 Å². The van der Waals surface area contributed by atoms with E-state index < -0.39 is 0 Å². The van der Waals surface area contributed by atoms with Crippen molar-refractivity contribution < 1.29 is 23.4 Å². The van der Waals surface area contributed by atoms with Crippen LogP contribution in [-0.4, -0.2) is 68.8 Å². The van der Waals surface area contributed by atoms with Gasteiger partial charge in [0.05, 0.1) is 26.9 Å². The van der Waals surface area contributed by atoms with Gasteiger partial charge in [0.1, 0.15) is 17.3 Å². The highest BCUT2D eigenvalue weighted by atomic mass is 19.1. The third kappa shape index (κ3) is 6.43. The van der Waals surface area contributed by atoms with Crippen molar-refractivity contribution in [2.75, 3.05) is 47.0 Å². The van der Waals surface area contributed by atoms with E-state index in [0.717, 1.165) is 30.2 Å². The number of hydrogen-bond donors (Lipinski definition) is 0. The largest absolute Gasteiger partial charge is 0.497 e. The third-order valence-corrected chi connectivity index (χ3v) is 5.50. The molecule has 0 aliphatic carbocycles. The van der Waals surface area contributed by atoms with Gasteiger partial charge in [-0.25, -0.2) is 4.39 Å². The van der Waals surface area contributed by atoms with E-state index in [-0.39, 0.29) is 17.8 Å². The predicted octanol–water partition coefficient (Wildman–Crippen LogP) is 3.84. The zero-order valence-electron chi connectivity index (χ0n) is 19.3. The maximum Gasteiger partial charge on any atom is 0.253 e. The monoisotopic (exact) mass is 444 g/mol. The number of halogens is 1. The van der Waals surface area contributed by atoms with Crippen molar-refractivity contribution in [1.82, 2.24) is 9.80 Å². The van der Waals surface area contributed by atoms with Crippen molar-refractivity contribution in [2.45, 2.75) is 26.5 Å². The molecule has 2 aromatic carbocycles. The first-order chi connectivity index (χ1) is 15.4. The molecule has 1 fully saturated rings. The predicted molar refractivity (Wildman–Crippen MR) is 122 cm³/mol. The summed E-state index contributed by atoms with van der Waals surface area (Å²) in [6.07, 6.45) is -0.101. The number of amides is 1. The number of methoxy groups -OCH3 is 2. The molecule has 0 radical (unpaired) electrons. The molecule has 2 aromatic rings. The van der Waals surface area contributed by atoms with Crippen LogP contribution in [0.1, 0.15) is 29.8 Å². The molecule has 6 nitrogen and oxygen atoms in total. The second-order valence-electron chi connectivity index (χ2n) is 8.52. The molecule has 32 heavy (non-hydrogen) atoms. The van der Waals surface area contributed by atoms with Gasteiger partial charge in [0.15, 0.2) is 0 Å². The minimum atomic E-state index is -0.350. The first-order valence-electron chi connectivity index (χ1n) is 11.0. The maximum absolute atomic E-state index is 13.3. The van der Waals surface area contributed by atoms with E-state index in [0.29, 0.717) is 37.7 Å². The first-order valence-corrected chi connectivity index (χ1v) is 11.0. The molecule has 1 atom stereocenters. The van der Waals surface area contributed by atoms with Crippen molar-refractivity contribution in [2.24, 2.45) is 5.92 Å². The zero-order valence-corrected chi connectivity index (χ0v) is 19.3. The van der Waals surface area contributed by atoms with Crippen LogP contribution in [0.3, 0.4) is 0 Å². The summed E-state index contributed by atoms with van der Waals surface area (Å²) in [5.74, 6) is 1.41. The van der Waals surface area contributed by atoms with Gasteiger partial charge in [-0.15, -0.1) is 0 Å². The molecule has 0 saturated carbocycles. The van der Waals surface area contributed by atoms with Crippen LogP contribution in [0.2, 0.25) is 0 Å². The topological polar surface area (TPSA) is 51.2 Å². The van der Waals surface area contributed by atoms with E-state index in [1.165, 1.54) is 24.3 Å². The fraction of sp³-hybridized carbons (Fsp3) is 0.480. The minimum Gasteiger partial charge on any atom is -0.497 e. The Bertz CT molecular complexity index is 888. The summed E-state index contributed by atoms with van der Waals surface area (Å²) in [5.41, 5.74) is 1.57. The number of morpholine rings is 1. The molecule has 1 unspecified atom stereocenters. The van der Waals surface area contributed by atoms with Gasteiger partial charge in [0.25, 0.3) is 5.91 Å². The average Bonchev–Trinajstić information content (AvgIpc) is 2.79. The van der Waals surface area contributed by atoms with Gasteiger partial charge in [-0.1, -0.05) is 19.9 Å². The Morgan fingerprint density at radius 1 is 1.19 bits per heavy atom. The molecule has 1 aliphatic rings. The van der Waals surface area contributed by atoms with Crippen LogP contribution in [0.5, 0.6) is 11.5 Å². The van der Waals surface area contributed by atoms with E-state index in [1.54, 1.807) is 14.2 Å². The van der Waals surface area contributed by atoms with Crippen molar-refractivity contribution in [3.05, 3.63) is 59.4 Å².